The third-order valence-corrected chi connectivity index (χ3v) is 5.13. The molecule has 9 heteroatoms. The molecule has 0 spiro atoms. The van der Waals surface area contributed by atoms with E-state index in [-0.39, 0.29) is 23.1 Å². The number of carbonyl (C=O) groups excluding carboxylic acids is 2. The Balaban J connectivity index is 2.13. The summed E-state index contributed by atoms with van der Waals surface area (Å²) in [5.41, 5.74) is 0.829. The number of nitrogens with one attached hydrogen (secondary N) is 1. The lowest BCUT2D eigenvalue weighted by Gasteiger charge is -2.10. The van der Waals surface area contributed by atoms with E-state index in [4.69, 9.17) is 0 Å². The van der Waals surface area contributed by atoms with E-state index in [9.17, 15) is 24.2 Å². The van der Waals surface area contributed by atoms with Crippen molar-refractivity contribution in [3.63, 3.8) is 0 Å². The Kier molecular flexibility index (Phi) is 5.90. The molecule has 0 radical (unpaired) electrons. The van der Waals surface area contributed by atoms with Gasteiger partial charge in [0.05, 0.1) is 12.2 Å². The minimum absolute atomic E-state index is 0.0284. The van der Waals surface area contributed by atoms with Gasteiger partial charge < -0.3 is 19.9 Å². The molecule has 1 heterocycles. The largest absolute Gasteiger partial charge is 0.489 e. The Morgan fingerprint density at radius 2 is 2.00 bits per heavy atom. The van der Waals surface area contributed by atoms with Crippen molar-refractivity contribution in [3.8, 4) is 0 Å². The second-order valence-corrected chi connectivity index (χ2v) is 9.09. The van der Waals surface area contributed by atoms with Gasteiger partial charge in [0.1, 0.15) is 13.4 Å². The van der Waals surface area contributed by atoms with Crippen LogP contribution < -0.4 is 16.1 Å². The number of amides is 1. The van der Waals surface area contributed by atoms with Gasteiger partial charge in [0.25, 0.3) is 5.91 Å². The lowest BCUT2D eigenvalue weighted by atomic mass is 9.77. The molecule has 0 aliphatic rings. The molecule has 0 atom stereocenters. The molecule has 1 aromatic heterocycles. The van der Waals surface area contributed by atoms with Crippen molar-refractivity contribution in [2.45, 2.75) is 6.54 Å². The van der Waals surface area contributed by atoms with E-state index in [1.807, 2.05) is 0 Å². The lowest BCUT2D eigenvalue weighted by Crippen LogP contribution is -2.34. The second-order valence-electron chi connectivity index (χ2n) is 5.87. The Morgan fingerprint density at radius 1 is 1.28 bits per heavy atom. The predicted molar refractivity (Wildman–Crippen MR) is 96.2 cm³/mol. The van der Waals surface area contributed by atoms with Crippen LogP contribution in [-0.4, -0.2) is 47.7 Å². The van der Waals surface area contributed by atoms with E-state index in [1.165, 1.54) is 18.2 Å². The summed E-state index contributed by atoms with van der Waals surface area (Å²) >= 11 is 0. The third kappa shape index (κ3) is 4.86. The summed E-state index contributed by atoms with van der Waals surface area (Å²) in [4.78, 5) is 27.4. The van der Waals surface area contributed by atoms with E-state index in [1.54, 1.807) is 31.7 Å². The third-order valence-electron chi connectivity index (χ3n) is 3.61. The maximum absolute atomic E-state index is 12.2. The zero-order valence-electron chi connectivity index (χ0n) is 13.8. The fourth-order valence-corrected chi connectivity index (χ4v) is 3.11. The molecule has 0 saturated carbocycles. The number of hydrogen-bond acceptors (Lipinski definition) is 6. The second kappa shape index (κ2) is 7.74. The number of benzene rings is 1. The average molecular weight is 360 g/mol. The maximum atomic E-state index is 12.2. The number of nitrogens with zero attached hydrogens (tertiary/aromatic N) is 1. The van der Waals surface area contributed by atoms with Gasteiger partial charge in [-0.15, -0.1) is 0 Å². The Morgan fingerprint density at radius 3 is 2.60 bits per heavy atom. The summed E-state index contributed by atoms with van der Waals surface area (Å²) in [6.07, 6.45) is 2.00. The number of aldehydes is 1. The van der Waals surface area contributed by atoms with Gasteiger partial charge in [0.15, 0.2) is 0 Å². The van der Waals surface area contributed by atoms with Crippen LogP contribution in [0.1, 0.15) is 26.4 Å². The molecule has 3 N–H and O–H groups in total. The van der Waals surface area contributed by atoms with Gasteiger partial charge >= 0.3 is 7.12 Å². The highest BCUT2D eigenvalue weighted by molar-refractivity contribution is 7.70. The van der Waals surface area contributed by atoms with Crippen molar-refractivity contribution >= 4 is 37.2 Å². The number of hydrogen-bond donors (Lipinski definition) is 3. The van der Waals surface area contributed by atoms with Crippen molar-refractivity contribution in [2.75, 3.05) is 13.3 Å². The fourth-order valence-electron chi connectivity index (χ4n) is 2.22. The molecule has 1 aromatic carbocycles. The van der Waals surface area contributed by atoms with E-state index < -0.39 is 20.2 Å². The molecule has 2 aromatic rings. The normalized spacial score (nSPS) is 11.0. The Bertz CT molecular complexity index is 850. The summed E-state index contributed by atoms with van der Waals surface area (Å²) in [6, 6.07) is 7.36. The summed E-state index contributed by atoms with van der Waals surface area (Å²) in [6.45, 7) is 3.44. The first kappa shape index (κ1) is 19.1. The first-order valence-electron chi connectivity index (χ1n) is 7.46. The smallest absolute Gasteiger partial charge is 0.423 e. The molecular formula is C16H18BN2O5P. The van der Waals surface area contributed by atoms with Crippen LogP contribution in [0.5, 0.6) is 0 Å². The molecule has 130 valence electrons. The zero-order chi connectivity index (χ0) is 18.6. The maximum Gasteiger partial charge on any atom is 0.489 e. The van der Waals surface area contributed by atoms with Crippen LogP contribution in [0.25, 0.3) is 0 Å². The molecule has 25 heavy (non-hydrogen) atoms. The number of rotatable bonds is 6. The molecule has 2 rings (SSSR count). The molecule has 0 aliphatic carbocycles. The topological polar surface area (TPSA) is 117 Å². The highest BCUT2D eigenvalue weighted by Crippen LogP contribution is 2.34. The van der Waals surface area contributed by atoms with Crippen molar-refractivity contribution in [3.05, 3.63) is 53.3 Å². The van der Waals surface area contributed by atoms with Crippen molar-refractivity contribution < 1.29 is 24.2 Å². The monoisotopic (exact) mass is 360 g/mol. The van der Waals surface area contributed by atoms with Crippen LogP contribution in [0.4, 0.5) is 0 Å². The Labute approximate surface area is 145 Å². The van der Waals surface area contributed by atoms with Crippen molar-refractivity contribution in [1.82, 2.24) is 10.3 Å². The summed E-state index contributed by atoms with van der Waals surface area (Å²) in [5, 5.41) is 21.7. The quantitative estimate of drug-likeness (QED) is 0.372. The SMILES string of the molecule is CP(C)(=O)c1ccnc(CNC(=O)c2ccc(B(O)O)c(C=O)c2)c1. The standard InChI is InChI=1S/C16H18BN2O5P/c1-25(2,24)14-5-6-18-13(8-14)9-19-16(21)11-3-4-15(17(22)23)12(7-11)10-20/h3-8,10,22-23H,9H2,1-2H3,(H,19,21). The first-order valence-corrected chi connectivity index (χ1v) is 10.1. The van der Waals surface area contributed by atoms with Crippen LogP contribution in [0, 0.1) is 0 Å². The molecule has 0 saturated heterocycles. The fraction of sp³-hybridized carbons (Fsp3) is 0.188. The predicted octanol–water partition coefficient (Wildman–Crippen LogP) is -0.248. The van der Waals surface area contributed by atoms with E-state index in [0.717, 1.165) is 0 Å². The Hall–Kier alpha value is -2.28. The molecule has 1 amide bonds. The molecule has 0 bridgehead atoms. The van der Waals surface area contributed by atoms with Crippen molar-refractivity contribution in [2.24, 2.45) is 0 Å². The van der Waals surface area contributed by atoms with Gasteiger partial charge in [-0.25, -0.2) is 0 Å². The van der Waals surface area contributed by atoms with Gasteiger partial charge in [-0.1, -0.05) is 6.07 Å². The van der Waals surface area contributed by atoms with Crippen LogP contribution >= 0.6 is 7.14 Å². The minimum atomic E-state index is -2.42. The van der Waals surface area contributed by atoms with Gasteiger partial charge in [-0.05, 0) is 43.1 Å². The molecule has 0 aliphatic heterocycles. The highest BCUT2D eigenvalue weighted by atomic mass is 31.2. The van der Waals surface area contributed by atoms with Crippen LogP contribution in [0.2, 0.25) is 0 Å². The number of aromatic nitrogens is 1. The molecular weight excluding hydrogens is 342 g/mol. The van der Waals surface area contributed by atoms with Crippen LogP contribution in [-0.2, 0) is 11.1 Å². The summed E-state index contributed by atoms with van der Waals surface area (Å²) in [7, 11) is -4.20. The molecule has 7 nitrogen and oxygen atoms in total. The number of carbonyl (C=O) groups is 2. The van der Waals surface area contributed by atoms with Crippen LogP contribution in [0.15, 0.2) is 36.5 Å². The minimum Gasteiger partial charge on any atom is -0.423 e. The lowest BCUT2D eigenvalue weighted by molar-refractivity contribution is 0.0950. The molecule has 0 fully saturated rings. The summed E-state index contributed by atoms with van der Waals surface area (Å²) < 4.78 is 12.1. The average Bonchev–Trinajstić information content (AvgIpc) is 2.58. The summed E-state index contributed by atoms with van der Waals surface area (Å²) in [5.74, 6) is -0.439. The van der Waals surface area contributed by atoms with E-state index >= 15 is 0 Å². The van der Waals surface area contributed by atoms with E-state index in [2.05, 4.69) is 10.3 Å². The highest BCUT2D eigenvalue weighted by Gasteiger charge is 2.18. The number of pyridine rings is 1. The van der Waals surface area contributed by atoms with Gasteiger partial charge in [-0.2, -0.15) is 0 Å². The van der Waals surface area contributed by atoms with Gasteiger partial charge in [0.2, 0.25) is 0 Å². The zero-order valence-corrected chi connectivity index (χ0v) is 14.7. The van der Waals surface area contributed by atoms with Crippen LogP contribution in [0.3, 0.4) is 0 Å². The van der Waals surface area contributed by atoms with Gasteiger partial charge in [-0.3, -0.25) is 14.6 Å². The molecule has 0 unspecified atom stereocenters. The first-order chi connectivity index (χ1) is 11.7. The van der Waals surface area contributed by atoms with Gasteiger partial charge in [0, 0.05) is 22.6 Å². The van der Waals surface area contributed by atoms with E-state index in [0.29, 0.717) is 17.3 Å². The van der Waals surface area contributed by atoms with Crippen molar-refractivity contribution in [1.29, 1.82) is 0 Å².